The van der Waals surface area contributed by atoms with Crippen LogP contribution < -0.4 is 0 Å². The molecular weight excluding hydrogens is 200 g/mol. The largest absolute Gasteiger partial charge is 0.378 e. The minimum absolute atomic E-state index is 0.669. The Balaban J connectivity index is 2.60. The number of nitrogens with zero attached hydrogens (tertiary/aromatic N) is 2. The topological polar surface area (TPSA) is 24.8 Å². The van der Waals surface area contributed by atoms with Gasteiger partial charge in [-0.05, 0) is 25.8 Å². The molecule has 3 nitrogen and oxygen atoms in total. The van der Waals surface area contributed by atoms with Crippen molar-refractivity contribution in [1.29, 1.82) is 0 Å². The van der Waals surface area contributed by atoms with Gasteiger partial charge in [0.1, 0.15) is 0 Å². The van der Waals surface area contributed by atoms with Crippen molar-refractivity contribution in [3.63, 3.8) is 0 Å². The zero-order chi connectivity index (χ0) is 11.6. The summed E-state index contributed by atoms with van der Waals surface area (Å²) in [5.41, 5.74) is 1.23. The first-order valence-electron chi connectivity index (χ1n) is 5.63. The third-order valence-corrected chi connectivity index (χ3v) is 2.35. The van der Waals surface area contributed by atoms with Crippen LogP contribution in [0.15, 0.2) is 41.1 Å². The highest BCUT2D eigenvalue weighted by Crippen LogP contribution is 2.09. The van der Waals surface area contributed by atoms with Crippen LogP contribution in [0.5, 0.6) is 0 Å². The fourth-order valence-electron chi connectivity index (χ4n) is 1.56. The molecule has 0 amide bonds. The standard InChI is InChI=1S/C13H20N2O/c1-3-6-13(7-4-5-8-14-2)15-9-11-16-12-10-15/h3-7H,2,8-12H2,1H3/b5-4+,6-3-,13-7+. The fourth-order valence-corrected chi connectivity index (χ4v) is 1.56. The van der Waals surface area contributed by atoms with Gasteiger partial charge in [-0.3, -0.25) is 4.99 Å². The van der Waals surface area contributed by atoms with E-state index in [0.717, 1.165) is 26.3 Å². The molecule has 3 heteroatoms. The number of morpholine rings is 1. The molecule has 0 bridgehead atoms. The Morgan fingerprint density at radius 1 is 1.44 bits per heavy atom. The summed E-state index contributed by atoms with van der Waals surface area (Å²) in [5, 5.41) is 0. The second-order valence-corrected chi connectivity index (χ2v) is 3.53. The first-order valence-corrected chi connectivity index (χ1v) is 5.63. The molecule has 1 aliphatic rings. The van der Waals surface area contributed by atoms with Crippen molar-refractivity contribution in [3.8, 4) is 0 Å². The van der Waals surface area contributed by atoms with Crippen LogP contribution in [0.1, 0.15) is 6.92 Å². The van der Waals surface area contributed by atoms with Gasteiger partial charge >= 0.3 is 0 Å². The van der Waals surface area contributed by atoms with Crippen LogP contribution in [0.4, 0.5) is 0 Å². The molecule has 0 radical (unpaired) electrons. The van der Waals surface area contributed by atoms with Gasteiger partial charge in [-0.2, -0.15) is 0 Å². The van der Waals surface area contributed by atoms with E-state index in [1.165, 1.54) is 5.70 Å². The zero-order valence-electron chi connectivity index (χ0n) is 9.93. The average molecular weight is 220 g/mol. The van der Waals surface area contributed by atoms with Gasteiger partial charge in [0.2, 0.25) is 0 Å². The van der Waals surface area contributed by atoms with E-state index in [9.17, 15) is 0 Å². The van der Waals surface area contributed by atoms with E-state index in [1.54, 1.807) is 0 Å². The van der Waals surface area contributed by atoms with Crippen molar-refractivity contribution >= 4 is 6.72 Å². The number of ether oxygens (including phenoxy) is 1. The Labute approximate surface area is 97.8 Å². The third kappa shape index (κ3) is 4.45. The average Bonchev–Trinajstić information content (AvgIpc) is 2.34. The monoisotopic (exact) mass is 220 g/mol. The maximum atomic E-state index is 5.34. The summed E-state index contributed by atoms with van der Waals surface area (Å²) in [4.78, 5) is 6.10. The fraction of sp³-hybridized carbons (Fsp3) is 0.462. The molecular formula is C13H20N2O. The summed E-state index contributed by atoms with van der Waals surface area (Å²) in [5.74, 6) is 0. The summed E-state index contributed by atoms with van der Waals surface area (Å²) >= 11 is 0. The lowest BCUT2D eigenvalue weighted by Crippen LogP contribution is -2.35. The van der Waals surface area contributed by atoms with Gasteiger partial charge < -0.3 is 9.64 Å². The lowest BCUT2D eigenvalue weighted by Gasteiger charge is -2.29. The highest BCUT2D eigenvalue weighted by Gasteiger charge is 2.10. The van der Waals surface area contributed by atoms with Crippen molar-refractivity contribution in [3.05, 3.63) is 36.1 Å². The molecule has 1 rings (SSSR count). The predicted molar refractivity (Wildman–Crippen MR) is 68.8 cm³/mol. The van der Waals surface area contributed by atoms with Gasteiger partial charge in [-0.25, -0.2) is 0 Å². The molecule has 1 heterocycles. The maximum absolute atomic E-state index is 5.34. The molecule has 0 aromatic heterocycles. The molecule has 0 saturated carbocycles. The van der Waals surface area contributed by atoms with E-state index in [-0.39, 0.29) is 0 Å². The summed E-state index contributed by atoms with van der Waals surface area (Å²) < 4.78 is 5.34. The van der Waals surface area contributed by atoms with E-state index >= 15 is 0 Å². The van der Waals surface area contributed by atoms with Crippen LogP contribution >= 0.6 is 0 Å². The van der Waals surface area contributed by atoms with Crippen LogP contribution in [0.2, 0.25) is 0 Å². The Kier molecular flexibility index (Phi) is 6.26. The molecule has 1 fully saturated rings. The van der Waals surface area contributed by atoms with E-state index in [1.807, 2.05) is 19.1 Å². The van der Waals surface area contributed by atoms with E-state index in [4.69, 9.17) is 4.74 Å². The first kappa shape index (κ1) is 12.7. The smallest absolute Gasteiger partial charge is 0.0642 e. The zero-order valence-corrected chi connectivity index (χ0v) is 9.93. The summed E-state index contributed by atoms with van der Waals surface area (Å²) in [7, 11) is 0. The minimum atomic E-state index is 0.669. The molecule has 1 aliphatic heterocycles. The second kappa shape index (κ2) is 7.88. The highest BCUT2D eigenvalue weighted by atomic mass is 16.5. The molecule has 88 valence electrons. The van der Waals surface area contributed by atoms with Crippen molar-refractivity contribution in [2.45, 2.75) is 6.92 Å². The lowest BCUT2D eigenvalue weighted by molar-refractivity contribution is 0.0554. The van der Waals surface area contributed by atoms with Crippen LogP contribution in [0.3, 0.4) is 0 Å². The SMILES string of the molecule is C=NC/C=C/C=C(\C=C/C)N1CCOCC1. The number of aliphatic imine (C=N–C) groups is 1. The van der Waals surface area contributed by atoms with Crippen LogP contribution in [0, 0.1) is 0 Å². The second-order valence-electron chi connectivity index (χ2n) is 3.53. The van der Waals surface area contributed by atoms with Gasteiger partial charge in [0.25, 0.3) is 0 Å². The van der Waals surface area contributed by atoms with Gasteiger partial charge in [0.15, 0.2) is 0 Å². The summed E-state index contributed by atoms with van der Waals surface area (Å²) in [6.07, 6.45) is 10.3. The molecule has 0 aliphatic carbocycles. The molecule has 1 saturated heterocycles. The normalized spacial score (nSPS) is 18.6. The van der Waals surface area contributed by atoms with Crippen LogP contribution in [-0.2, 0) is 4.74 Å². The number of hydrogen-bond donors (Lipinski definition) is 0. The molecule has 0 N–H and O–H groups in total. The third-order valence-electron chi connectivity index (χ3n) is 2.35. The number of allylic oxidation sites excluding steroid dienone is 4. The Morgan fingerprint density at radius 3 is 2.81 bits per heavy atom. The lowest BCUT2D eigenvalue weighted by atomic mass is 10.2. The van der Waals surface area contributed by atoms with Crippen molar-refractivity contribution in [2.24, 2.45) is 4.99 Å². The Bertz CT molecular complexity index is 286. The summed E-state index contributed by atoms with van der Waals surface area (Å²) in [6, 6.07) is 0. The van der Waals surface area contributed by atoms with Crippen LogP contribution in [-0.4, -0.2) is 44.5 Å². The summed E-state index contributed by atoms with van der Waals surface area (Å²) in [6.45, 7) is 9.69. The molecule has 0 aromatic carbocycles. The number of rotatable bonds is 5. The maximum Gasteiger partial charge on any atom is 0.0642 e. The number of hydrogen-bond acceptors (Lipinski definition) is 3. The van der Waals surface area contributed by atoms with E-state index in [2.05, 4.69) is 34.8 Å². The first-order chi connectivity index (χ1) is 7.88. The highest BCUT2D eigenvalue weighted by molar-refractivity contribution is 5.25. The van der Waals surface area contributed by atoms with Gasteiger partial charge in [0, 0.05) is 18.8 Å². The molecule has 16 heavy (non-hydrogen) atoms. The van der Waals surface area contributed by atoms with Gasteiger partial charge in [-0.15, -0.1) is 0 Å². The molecule has 0 atom stereocenters. The minimum Gasteiger partial charge on any atom is -0.378 e. The molecule has 0 spiro atoms. The van der Waals surface area contributed by atoms with Crippen molar-refractivity contribution in [2.75, 3.05) is 32.8 Å². The Hall–Kier alpha value is -1.35. The van der Waals surface area contributed by atoms with E-state index < -0.39 is 0 Å². The Morgan fingerprint density at radius 2 is 2.19 bits per heavy atom. The molecule has 0 unspecified atom stereocenters. The van der Waals surface area contributed by atoms with Crippen LogP contribution in [0.25, 0.3) is 0 Å². The molecule has 0 aromatic rings. The predicted octanol–water partition coefficient (Wildman–Crippen LogP) is 2.04. The van der Waals surface area contributed by atoms with Crippen molar-refractivity contribution < 1.29 is 4.74 Å². The quantitative estimate of drug-likeness (QED) is 0.523. The van der Waals surface area contributed by atoms with Gasteiger partial charge in [0.05, 0.1) is 19.8 Å². The van der Waals surface area contributed by atoms with Gasteiger partial charge in [-0.1, -0.05) is 18.2 Å². The van der Waals surface area contributed by atoms with E-state index in [0.29, 0.717) is 6.54 Å². The van der Waals surface area contributed by atoms with Crippen molar-refractivity contribution in [1.82, 2.24) is 4.90 Å².